The third-order valence-electron chi connectivity index (χ3n) is 4.15. The summed E-state index contributed by atoms with van der Waals surface area (Å²) in [5.74, 6) is 1.37. The number of rotatable bonds is 5. The van der Waals surface area contributed by atoms with E-state index in [9.17, 15) is 10.1 Å². The number of hydrogen-bond acceptors (Lipinski definition) is 5. The van der Waals surface area contributed by atoms with E-state index in [1.54, 1.807) is 18.3 Å². The SMILES string of the molecule is O=[N+]([O-])c1ccc(NN=Cc2ccc(-c3cccc4ccccc34)o2)cc1. The van der Waals surface area contributed by atoms with E-state index in [4.69, 9.17) is 4.42 Å². The highest BCUT2D eigenvalue weighted by molar-refractivity contribution is 5.95. The molecule has 0 saturated heterocycles. The summed E-state index contributed by atoms with van der Waals surface area (Å²) in [5, 5.41) is 17.1. The van der Waals surface area contributed by atoms with Gasteiger partial charge in [-0.2, -0.15) is 5.10 Å². The first-order valence-electron chi connectivity index (χ1n) is 8.32. The number of furan rings is 1. The van der Waals surface area contributed by atoms with Gasteiger partial charge in [-0.15, -0.1) is 0 Å². The first-order chi connectivity index (χ1) is 13.2. The monoisotopic (exact) mass is 357 g/mol. The lowest BCUT2D eigenvalue weighted by Crippen LogP contribution is -1.91. The Morgan fingerprint density at radius 2 is 1.70 bits per heavy atom. The van der Waals surface area contributed by atoms with Crippen molar-refractivity contribution >= 4 is 28.4 Å². The van der Waals surface area contributed by atoms with E-state index in [-0.39, 0.29) is 5.69 Å². The van der Waals surface area contributed by atoms with Crippen LogP contribution in [-0.2, 0) is 0 Å². The van der Waals surface area contributed by atoms with Crippen LogP contribution in [-0.4, -0.2) is 11.1 Å². The van der Waals surface area contributed by atoms with Gasteiger partial charge in [0.1, 0.15) is 11.5 Å². The predicted molar refractivity (Wildman–Crippen MR) is 106 cm³/mol. The van der Waals surface area contributed by atoms with Crippen LogP contribution in [0.15, 0.2) is 88.4 Å². The van der Waals surface area contributed by atoms with Gasteiger partial charge in [0.2, 0.25) is 0 Å². The van der Waals surface area contributed by atoms with Crippen molar-refractivity contribution in [3.05, 3.63) is 94.7 Å². The van der Waals surface area contributed by atoms with E-state index in [0.29, 0.717) is 11.4 Å². The van der Waals surface area contributed by atoms with Crippen molar-refractivity contribution in [3.8, 4) is 11.3 Å². The number of fused-ring (bicyclic) bond motifs is 1. The van der Waals surface area contributed by atoms with E-state index < -0.39 is 4.92 Å². The molecule has 0 amide bonds. The van der Waals surface area contributed by atoms with E-state index in [1.165, 1.54) is 12.1 Å². The molecular formula is C21H15N3O3. The maximum Gasteiger partial charge on any atom is 0.269 e. The lowest BCUT2D eigenvalue weighted by molar-refractivity contribution is -0.384. The Bertz CT molecular complexity index is 1130. The number of nitro groups is 1. The minimum Gasteiger partial charge on any atom is -0.455 e. The van der Waals surface area contributed by atoms with Crippen LogP contribution < -0.4 is 5.43 Å². The van der Waals surface area contributed by atoms with Crippen LogP contribution in [0.2, 0.25) is 0 Å². The fourth-order valence-electron chi connectivity index (χ4n) is 2.84. The quantitative estimate of drug-likeness (QED) is 0.292. The highest BCUT2D eigenvalue weighted by Crippen LogP contribution is 2.29. The highest BCUT2D eigenvalue weighted by atomic mass is 16.6. The second-order valence-corrected chi connectivity index (χ2v) is 5.90. The van der Waals surface area contributed by atoms with E-state index in [0.717, 1.165) is 22.1 Å². The summed E-state index contributed by atoms with van der Waals surface area (Å²) in [7, 11) is 0. The molecule has 0 aliphatic carbocycles. The van der Waals surface area contributed by atoms with Gasteiger partial charge in [0.05, 0.1) is 16.8 Å². The van der Waals surface area contributed by atoms with Crippen LogP contribution >= 0.6 is 0 Å². The van der Waals surface area contributed by atoms with Crippen molar-refractivity contribution in [2.24, 2.45) is 5.10 Å². The van der Waals surface area contributed by atoms with Crippen LogP contribution in [0.3, 0.4) is 0 Å². The molecule has 1 heterocycles. The summed E-state index contributed by atoms with van der Waals surface area (Å²) in [6, 6.07) is 24.0. The Morgan fingerprint density at radius 3 is 2.52 bits per heavy atom. The number of hydrogen-bond donors (Lipinski definition) is 1. The van der Waals surface area contributed by atoms with Crippen molar-refractivity contribution < 1.29 is 9.34 Å². The Balaban J connectivity index is 1.51. The van der Waals surface area contributed by atoms with E-state index >= 15 is 0 Å². The van der Waals surface area contributed by atoms with Gasteiger partial charge in [-0.3, -0.25) is 15.5 Å². The largest absolute Gasteiger partial charge is 0.455 e. The summed E-state index contributed by atoms with van der Waals surface area (Å²) in [6.45, 7) is 0. The molecule has 1 N–H and O–H groups in total. The number of nitrogens with zero attached hydrogens (tertiary/aromatic N) is 2. The lowest BCUT2D eigenvalue weighted by atomic mass is 10.0. The third-order valence-corrected chi connectivity index (χ3v) is 4.15. The van der Waals surface area contributed by atoms with Crippen molar-refractivity contribution in [2.45, 2.75) is 0 Å². The highest BCUT2D eigenvalue weighted by Gasteiger charge is 2.07. The van der Waals surface area contributed by atoms with Crippen LogP contribution in [0.4, 0.5) is 11.4 Å². The predicted octanol–water partition coefficient (Wildman–Crippen LogP) is 5.45. The van der Waals surface area contributed by atoms with Crippen molar-refractivity contribution in [1.29, 1.82) is 0 Å². The molecule has 0 fully saturated rings. The molecule has 27 heavy (non-hydrogen) atoms. The minimum atomic E-state index is -0.440. The maximum absolute atomic E-state index is 10.7. The number of anilines is 1. The summed E-state index contributed by atoms with van der Waals surface area (Å²) >= 11 is 0. The lowest BCUT2D eigenvalue weighted by Gasteiger charge is -2.03. The summed E-state index contributed by atoms with van der Waals surface area (Å²) in [5.41, 5.74) is 4.54. The van der Waals surface area contributed by atoms with Gasteiger partial charge in [-0.25, -0.2) is 0 Å². The topological polar surface area (TPSA) is 80.7 Å². The molecule has 0 bridgehead atoms. The van der Waals surface area contributed by atoms with Crippen LogP contribution in [0, 0.1) is 10.1 Å². The Kier molecular flexibility index (Phi) is 4.37. The van der Waals surface area contributed by atoms with Crippen LogP contribution in [0.1, 0.15) is 5.76 Å². The number of nitro benzene ring substituents is 1. The molecule has 6 nitrogen and oxygen atoms in total. The standard InChI is InChI=1S/C21H15N3O3/c25-24(26)17-10-8-16(9-11-17)23-22-14-18-12-13-21(27-18)20-7-3-5-15-4-1-2-6-19(15)20/h1-14,23H. The Morgan fingerprint density at radius 1 is 0.926 bits per heavy atom. The molecule has 0 aliphatic rings. The van der Waals surface area contributed by atoms with Gasteiger partial charge in [0.25, 0.3) is 5.69 Å². The molecule has 4 aromatic rings. The van der Waals surface area contributed by atoms with Crippen molar-refractivity contribution in [1.82, 2.24) is 0 Å². The molecule has 0 atom stereocenters. The van der Waals surface area contributed by atoms with Gasteiger partial charge >= 0.3 is 0 Å². The normalized spacial score (nSPS) is 11.1. The first-order valence-corrected chi connectivity index (χ1v) is 8.32. The Hall–Kier alpha value is -3.93. The fraction of sp³-hybridized carbons (Fsp3) is 0. The fourth-order valence-corrected chi connectivity index (χ4v) is 2.84. The third kappa shape index (κ3) is 3.55. The molecule has 0 saturated carbocycles. The summed E-state index contributed by atoms with van der Waals surface area (Å²) in [6.07, 6.45) is 1.57. The molecular weight excluding hydrogens is 342 g/mol. The van der Waals surface area contributed by atoms with Gasteiger partial charge in [-0.1, -0.05) is 42.5 Å². The zero-order valence-electron chi connectivity index (χ0n) is 14.2. The van der Waals surface area contributed by atoms with Gasteiger partial charge in [0.15, 0.2) is 0 Å². The molecule has 3 aromatic carbocycles. The zero-order chi connectivity index (χ0) is 18.6. The maximum atomic E-state index is 10.7. The number of hydrazone groups is 1. The smallest absolute Gasteiger partial charge is 0.269 e. The van der Waals surface area contributed by atoms with E-state index in [2.05, 4.69) is 28.7 Å². The van der Waals surface area contributed by atoms with Gasteiger partial charge in [0, 0.05) is 17.7 Å². The van der Waals surface area contributed by atoms with Gasteiger partial charge < -0.3 is 4.42 Å². The minimum absolute atomic E-state index is 0.0373. The van der Waals surface area contributed by atoms with E-state index in [1.807, 2.05) is 36.4 Å². The number of non-ortho nitro benzene ring substituents is 1. The summed E-state index contributed by atoms with van der Waals surface area (Å²) in [4.78, 5) is 10.2. The van der Waals surface area contributed by atoms with Gasteiger partial charge in [-0.05, 0) is 35.0 Å². The first kappa shape index (κ1) is 16.5. The molecule has 132 valence electrons. The molecule has 0 unspecified atom stereocenters. The molecule has 1 aromatic heterocycles. The van der Waals surface area contributed by atoms with Crippen LogP contribution in [0.5, 0.6) is 0 Å². The molecule has 0 spiro atoms. The average Bonchev–Trinajstić information content (AvgIpc) is 3.16. The Labute approximate surface area is 154 Å². The molecule has 6 heteroatoms. The van der Waals surface area contributed by atoms with Crippen molar-refractivity contribution in [3.63, 3.8) is 0 Å². The molecule has 4 rings (SSSR count). The summed E-state index contributed by atoms with van der Waals surface area (Å²) < 4.78 is 5.89. The van der Waals surface area contributed by atoms with Crippen molar-refractivity contribution in [2.75, 3.05) is 5.43 Å². The molecule has 0 radical (unpaired) electrons. The van der Waals surface area contributed by atoms with Crippen LogP contribution in [0.25, 0.3) is 22.1 Å². The second kappa shape index (κ2) is 7.13. The second-order valence-electron chi connectivity index (χ2n) is 5.90. The zero-order valence-corrected chi connectivity index (χ0v) is 14.2. The average molecular weight is 357 g/mol. The molecule has 0 aliphatic heterocycles. The number of nitrogens with one attached hydrogen (secondary N) is 1. The number of benzene rings is 3.